The number of aryl methyl sites for hydroxylation is 2. The van der Waals surface area contributed by atoms with E-state index < -0.39 is 0 Å². The minimum absolute atomic E-state index is 0.0344. The first-order chi connectivity index (χ1) is 16.5. The van der Waals surface area contributed by atoms with Crippen molar-refractivity contribution in [1.82, 2.24) is 0 Å². The fourth-order valence-corrected chi connectivity index (χ4v) is 4.19. The van der Waals surface area contributed by atoms with Crippen molar-refractivity contribution in [2.75, 3.05) is 43.6 Å². The SMILES string of the molecule is CCCc1cc(N(C)CC)ccc1/C=C/C=C/C(OCC)c1ccc(N(C)CC)cc1CCC. The van der Waals surface area contributed by atoms with Gasteiger partial charge in [0.15, 0.2) is 0 Å². The summed E-state index contributed by atoms with van der Waals surface area (Å²) in [6.45, 7) is 13.6. The van der Waals surface area contributed by atoms with Gasteiger partial charge in [0.05, 0.1) is 0 Å². The number of benzene rings is 2. The Balaban J connectivity index is 2.28. The molecule has 0 radical (unpaired) electrons. The topological polar surface area (TPSA) is 15.7 Å². The van der Waals surface area contributed by atoms with Crippen LogP contribution in [0.5, 0.6) is 0 Å². The second-order valence-corrected chi connectivity index (χ2v) is 8.91. The van der Waals surface area contributed by atoms with Gasteiger partial charge >= 0.3 is 0 Å². The molecule has 0 aliphatic carbocycles. The molecule has 0 aromatic heterocycles. The van der Waals surface area contributed by atoms with E-state index in [9.17, 15) is 0 Å². The maximum Gasteiger partial charge on any atom is 0.101 e. The molecule has 1 unspecified atom stereocenters. The van der Waals surface area contributed by atoms with Gasteiger partial charge in [0, 0.05) is 45.2 Å². The molecule has 0 saturated carbocycles. The number of allylic oxidation sites excluding steroid dienone is 2. The minimum atomic E-state index is -0.0344. The number of hydrogen-bond acceptors (Lipinski definition) is 3. The van der Waals surface area contributed by atoms with Crippen LogP contribution in [0.1, 0.15) is 75.8 Å². The number of hydrogen-bond donors (Lipinski definition) is 0. The van der Waals surface area contributed by atoms with E-state index in [1.54, 1.807) is 0 Å². The zero-order chi connectivity index (χ0) is 24.9. The van der Waals surface area contributed by atoms with Crippen LogP contribution in [0.25, 0.3) is 6.08 Å². The molecule has 0 aliphatic heterocycles. The summed E-state index contributed by atoms with van der Waals surface area (Å²) in [6, 6.07) is 13.6. The first-order valence-corrected chi connectivity index (χ1v) is 13.1. The molecule has 3 nitrogen and oxygen atoms in total. The van der Waals surface area contributed by atoms with Crippen molar-refractivity contribution < 1.29 is 4.74 Å². The van der Waals surface area contributed by atoms with Gasteiger partial charge in [-0.05, 0) is 80.1 Å². The van der Waals surface area contributed by atoms with E-state index in [2.05, 4.69) is 119 Å². The molecule has 0 fully saturated rings. The van der Waals surface area contributed by atoms with Crippen LogP contribution in [0.15, 0.2) is 54.6 Å². The first kappa shape index (κ1) is 27.7. The lowest BCUT2D eigenvalue weighted by Crippen LogP contribution is -2.16. The van der Waals surface area contributed by atoms with Crippen LogP contribution in [0, 0.1) is 0 Å². The summed E-state index contributed by atoms with van der Waals surface area (Å²) >= 11 is 0. The first-order valence-electron chi connectivity index (χ1n) is 13.1. The fourth-order valence-electron chi connectivity index (χ4n) is 4.19. The van der Waals surface area contributed by atoms with E-state index in [1.807, 2.05) is 0 Å². The van der Waals surface area contributed by atoms with Gasteiger partial charge in [-0.3, -0.25) is 0 Å². The molecule has 2 aromatic rings. The highest BCUT2D eigenvalue weighted by molar-refractivity contribution is 5.61. The third kappa shape index (κ3) is 7.77. The van der Waals surface area contributed by atoms with Gasteiger partial charge in [0.25, 0.3) is 0 Å². The minimum Gasteiger partial charge on any atom is -0.375 e. The van der Waals surface area contributed by atoms with Gasteiger partial charge in [-0.2, -0.15) is 0 Å². The largest absolute Gasteiger partial charge is 0.375 e. The predicted octanol–water partition coefficient (Wildman–Crippen LogP) is 7.85. The number of ether oxygens (including phenoxy) is 1. The van der Waals surface area contributed by atoms with Crippen LogP contribution in [0.3, 0.4) is 0 Å². The monoisotopic (exact) mass is 462 g/mol. The van der Waals surface area contributed by atoms with E-state index in [1.165, 1.54) is 33.6 Å². The summed E-state index contributed by atoms with van der Waals surface area (Å²) in [5.74, 6) is 0. The Morgan fingerprint density at radius 1 is 0.765 bits per heavy atom. The van der Waals surface area contributed by atoms with Crippen molar-refractivity contribution in [2.24, 2.45) is 0 Å². The maximum atomic E-state index is 6.17. The molecule has 186 valence electrons. The van der Waals surface area contributed by atoms with Crippen molar-refractivity contribution >= 4 is 17.5 Å². The van der Waals surface area contributed by atoms with Crippen molar-refractivity contribution in [3.05, 3.63) is 76.9 Å². The van der Waals surface area contributed by atoms with E-state index in [0.29, 0.717) is 6.61 Å². The smallest absolute Gasteiger partial charge is 0.101 e. The van der Waals surface area contributed by atoms with Crippen LogP contribution in [0.2, 0.25) is 0 Å². The maximum absolute atomic E-state index is 6.17. The molecular weight excluding hydrogens is 416 g/mol. The molecule has 0 N–H and O–H groups in total. The molecule has 0 amide bonds. The second kappa shape index (κ2) is 14.7. The summed E-state index contributed by atoms with van der Waals surface area (Å²) in [4.78, 5) is 4.57. The van der Waals surface area contributed by atoms with Crippen LogP contribution in [-0.4, -0.2) is 33.8 Å². The van der Waals surface area contributed by atoms with Crippen LogP contribution in [0.4, 0.5) is 11.4 Å². The lowest BCUT2D eigenvalue weighted by atomic mass is 9.97. The predicted molar refractivity (Wildman–Crippen MR) is 151 cm³/mol. The summed E-state index contributed by atoms with van der Waals surface area (Å²) in [5, 5.41) is 0. The number of anilines is 2. The summed E-state index contributed by atoms with van der Waals surface area (Å²) in [5.41, 5.74) is 7.93. The Labute approximate surface area is 209 Å². The van der Waals surface area contributed by atoms with Gasteiger partial charge in [-0.15, -0.1) is 0 Å². The molecule has 0 heterocycles. The van der Waals surface area contributed by atoms with Crippen LogP contribution >= 0.6 is 0 Å². The number of nitrogens with zero attached hydrogens (tertiary/aromatic N) is 2. The molecule has 1 atom stereocenters. The Kier molecular flexibility index (Phi) is 12.0. The normalized spacial score (nSPS) is 12.6. The molecule has 34 heavy (non-hydrogen) atoms. The highest BCUT2D eigenvalue weighted by atomic mass is 16.5. The Morgan fingerprint density at radius 2 is 1.35 bits per heavy atom. The van der Waals surface area contributed by atoms with E-state index in [4.69, 9.17) is 4.74 Å². The summed E-state index contributed by atoms with van der Waals surface area (Å²) in [7, 11) is 4.30. The Bertz CT molecular complexity index is 931. The third-order valence-corrected chi connectivity index (χ3v) is 6.45. The van der Waals surface area contributed by atoms with Crippen molar-refractivity contribution in [3.63, 3.8) is 0 Å². The summed E-state index contributed by atoms with van der Waals surface area (Å²) < 4.78 is 6.17. The van der Waals surface area contributed by atoms with Gasteiger partial charge < -0.3 is 14.5 Å². The average molecular weight is 463 g/mol. The highest BCUT2D eigenvalue weighted by Crippen LogP contribution is 2.28. The van der Waals surface area contributed by atoms with Crippen LogP contribution < -0.4 is 9.80 Å². The van der Waals surface area contributed by atoms with Crippen molar-refractivity contribution in [2.45, 2.75) is 66.4 Å². The second-order valence-electron chi connectivity index (χ2n) is 8.91. The molecule has 3 heteroatoms. The zero-order valence-electron chi connectivity index (χ0n) is 22.6. The quantitative estimate of drug-likeness (QED) is 0.266. The standard InChI is InChI=1S/C31H46N2O/c1-8-15-26-23-28(32(6)10-3)20-19-25(26)17-13-14-18-31(34-12-5)30-22-21-29(33(7)11-4)24-27(30)16-9-2/h13-14,17-24,31H,8-12,15-16H2,1-7H3/b17-13+,18-14+. The third-order valence-electron chi connectivity index (χ3n) is 6.45. The van der Waals surface area contributed by atoms with Gasteiger partial charge in [0.1, 0.15) is 6.10 Å². The molecule has 0 bridgehead atoms. The lowest BCUT2D eigenvalue weighted by Gasteiger charge is -2.22. The Hall–Kier alpha value is -2.52. The molecule has 0 aliphatic rings. The van der Waals surface area contributed by atoms with Gasteiger partial charge in [0.2, 0.25) is 0 Å². The van der Waals surface area contributed by atoms with E-state index in [0.717, 1.165) is 38.8 Å². The molecule has 0 saturated heterocycles. The fraction of sp³-hybridized carbons (Fsp3) is 0.484. The molecule has 2 rings (SSSR count). The van der Waals surface area contributed by atoms with E-state index >= 15 is 0 Å². The highest BCUT2D eigenvalue weighted by Gasteiger charge is 2.14. The average Bonchev–Trinajstić information content (AvgIpc) is 2.86. The van der Waals surface area contributed by atoms with Gasteiger partial charge in [-0.25, -0.2) is 0 Å². The molecule has 2 aromatic carbocycles. The number of rotatable bonds is 14. The molecular formula is C31H46N2O. The lowest BCUT2D eigenvalue weighted by molar-refractivity contribution is 0.0962. The van der Waals surface area contributed by atoms with Crippen molar-refractivity contribution in [1.29, 1.82) is 0 Å². The summed E-state index contributed by atoms with van der Waals surface area (Å²) in [6.07, 6.45) is 13.1. The van der Waals surface area contributed by atoms with E-state index in [-0.39, 0.29) is 6.10 Å². The Morgan fingerprint density at radius 3 is 1.94 bits per heavy atom. The van der Waals surface area contributed by atoms with Crippen LogP contribution in [-0.2, 0) is 17.6 Å². The zero-order valence-corrected chi connectivity index (χ0v) is 22.6. The molecule has 0 spiro atoms. The van der Waals surface area contributed by atoms with Crippen molar-refractivity contribution in [3.8, 4) is 0 Å². The van der Waals surface area contributed by atoms with Gasteiger partial charge in [-0.1, -0.05) is 63.1 Å².